The highest BCUT2D eigenvalue weighted by atomic mass is 32.2. The first-order valence-corrected chi connectivity index (χ1v) is 11.5. The molecular weight excluding hydrogens is 416 g/mol. The van der Waals surface area contributed by atoms with Crippen LogP contribution in [0.1, 0.15) is 42.6 Å². The van der Waals surface area contributed by atoms with E-state index < -0.39 is 0 Å². The highest BCUT2D eigenvalue weighted by molar-refractivity contribution is 7.99. The van der Waals surface area contributed by atoms with Crippen LogP contribution < -0.4 is 5.56 Å². The topological polar surface area (TPSA) is 73.8 Å². The Morgan fingerprint density at radius 2 is 2.13 bits per heavy atom. The third-order valence-corrected chi connectivity index (χ3v) is 7.17. The second kappa shape index (κ2) is 7.85. The Morgan fingerprint density at radius 1 is 1.33 bits per heavy atom. The van der Waals surface area contributed by atoms with E-state index in [1.54, 1.807) is 10.6 Å². The Kier molecular flexibility index (Phi) is 5.04. The van der Waals surface area contributed by atoms with E-state index in [0.717, 1.165) is 33.9 Å². The third-order valence-electron chi connectivity index (χ3n) is 5.02. The number of hydrogen-bond acceptors (Lipinski definition) is 7. The van der Waals surface area contributed by atoms with Crippen molar-refractivity contribution >= 4 is 33.3 Å². The van der Waals surface area contributed by atoms with Crippen LogP contribution in [-0.4, -0.2) is 19.7 Å². The fraction of sp³-hybridized carbons (Fsp3) is 0.273. The van der Waals surface area contributed by atoms with E-state index in [-0.39, 0.29) is 10.8 Å². The van der Waals surface area contributed by atoms with Crippen molar-refractivity contribution in [3.05, 3.63) is 71.1 Å². The molecule has 1 aromatic carbocycles. The summed E-state index contributed by atoms with van der Waals surface area (Å²) in [5.74, 6) is 1.79. The van der Waals surface area contributed by atoms with E-state index >= 15 is 0 Å². The Bertz CT molecular complexity index is 1270. The lowest BCUT2D eigenvalue weighted by atomic mass is 10.2. The van der Waals surface area contributed by atoms with Crippen LogP contribution >= 0.6 is 23.1 Å². The van der Waals surface area contributed by atoms with E-state index in [1.807, 2.05) is 43.3 Å². The second-order valence-electron chi connectivity index (χ2n) is 7.32. The average Bonchev–Trinajstić information content (AvgIpc) is 3.32. The second-order valence-corrected chi connectivity index (χ2v) is 9.66. The fourth-order valence-electron chi connectivity index (χ4n) is 3.25. The number of thiophene rings is 1. The molecule has 8 heteroatoms. The Labute approximate surface area is 181 Å². The molecule has 1 saturated carbocycles. The number of rotatable bonds is 7. The smallest absolute Gasteiger partial charge is 0.263 e. The normalized spacial score (nSPS) is 14.8. The molecule has 1 aliphatic carbocycles. The van der Waals surface area contributed by atoms with Crippen LogP contribution in [0, 0.1) is 0 Å². The van der Waals surface area contributed by atoms with Crippen molar-refractivity contribution in [3.8, 4) is 10.4 Å². The zero-order valence-corrected chi connectivity index (χ0v) is 18.1. The molecule has 0 N–H and O–H groups in total. The minimum atomic E-state index is -0.112. The number of hydrogen-bond donors (Lipinski definition) is 0. The maximum atomic E-state index is 13.2. The first kappa shape index (κ1) is 19.3. The number of aromatic nitrogens is 4. The summed E-state index contributed by atoms with van der Waals surface area (Å²) >= 11 is 2.99. The lowest BCUT2D eigenvalue weighted by Gasteiger charge is -2.12. The number of fused-ring (bicyclic) bond motifs is 1. The van der Waals surface area contributed by atoms with Gasteiger partial charge in [0, 0.05) is 17.3 Å². The van der Waals surface area contributed by atoms with Gasteiger partial charge in [0.1, 0.15) is 4.83 Å². The summed E-state index contributed by atoms with van der Waals surface area (Å²) in [5.41, 5.74) is 1.02. The zero-order chi connectivity index (χ0) is 20.7. The molecule has 1 fully saturated rings. The molecule has 152 valence electrons. The maximum absolute atomic E-state index is 13.2. The van der Waals surface area contributed by atoms with Crippen molar-refractivity contribution in [2.75, 3.05) is 0 Å². The standard InChI is InChI=1S/C22H20N4O2S2/c1-3-11-26-21(27)16-12-17(14-7-5-4-6-8-14)30-20(16)24-22(26)29-13(2)19-23-18(25-28-19)15-9-10-15/h3-8,12-13,15H,1,9-11H2,2H3. The first-order valence-electron chi connectivity index (χ1n) is 9.85. The van der Waals surface area contributed by atoms with E-state index in [0.29, 0.717) is 28.9 Å². The summed E-state index contributed by atoms with van der Waals surface area (Å²) in [5, 5.41) is 5.25. The van der Waals surface area contributed by atoms with E-state index in [4.69, 9.17) is 9.51 Å². The van der Waals surface area contributed by atoms with Gasteiger partial charge in [0.25, 0.3) is 5.56 Å². The summed E-state index contributed by atoms with van der Waals surface area (Å²) in [4.78, 5) is 24.4. The number of benzene rings is 1. The van der Waals surface area contributed by atoms with Crippen LogP contribution in [0.3, 0.4) is 0 Å². The Hall–Kier alpha value is -2.71. The molecular formula is C22H20N4O2S2. The molecule has 5 rings (SSSR count). The van der Waals surface area contributed by atoms with Crippen LogP contribution in [-0.2, 0) is 6.54 Å². The molecule has 30 heavy (non-hydrogen) atoms. The molecule has 0 saturated heterocycles. The lowest BCUT2D eigenvalue weighted by molar-refractivity contribution is 0.374. The SMILES string of the molecule is C=CCn1c(SC(C)c2nc(C3CC3)no2)nc2sc(-c3ccccc3)cc2c1=O. The summed E-state index contributed by atoms with van der Waals surface area (Å²) in [6.07, 6.45) is 3.96. The molecule has 0 aliphatic heterocycles. The van der Waals surface area contributed by atoms with Crippen LogP contribution in [0.5, 0.6) is 0 Å². The van der Waals surface area contributed by atoms with Gasteiger partial charge in [-0.25, -0.2) is 4.98 Å². The summed E-state index contributed by atoms with van der Waals surface area (Å²) in [7, 11) is 0. The monoisotopic (exact) mass is 436 g/mol. The van der Waals surface area contributed by atoms with Gasteiger partial charge >= 0.3 is 0 Å². The quantitative estimate of drug-likeness (QED) is 0.219. The first-order chi connectivity index (χ1) is 14.6. The van der Waals surface area contributed by atoms with Gasteiger partial charge in [-0.2, -0.15) is 4.98 Å². The molecule has 3 aromatic heterocycles. The van der Waals surface area contributed by atoms with Crippen LogP contribution in [0.2, 0.25) is 0 Å². The highest BCUT2D eigenvalue weighted by Gasteiger charge is 2.30. The van der Waals surface area contributed by atoms with Crippen molar-refractivity contribution in [1.82, 2.24) is 19.7 Å². The predicted octanol–water partition coefficient (Wildman–Crippen LogP) is 5.42. The number of allylic oxidation sites excluding steroid dienone is 1. The lowest BCUT2D eigenvalue weighted by Crippen LogP contribution is -2.22. The van der Waals surface area contributed by atoms with Gasteiger partial charge in [-0.15, -0.1) is 17.9 Å². The summed E-state index contributed by atoms with van der Waals surface area (Å²) in [6, 6.07) is 12.0. The Morgan fingerprint density at radius 3 is 2.87 bits per heavy atom. The zero-order valence-electron chi connectivity index (χ0n) is 16.4. The van der Waals surface area contributed by atoms with Crippen LogP contribution in [0.15, 0.2) is 63.5 Å². The largest absolute Gasteiger partial charge is 0.338 e. The minimum absolute atomic E-state index is 0.0581. The van der Waals surface area contributed by atoms with Crippen molar-refractivity contribution in [2.45, 2.75) is 42.6 Å². The van der Waals surface area contributed by atoms with Crippen molar-refractivity contribution in [2.24, 2.45) is 0 Å². The molecule has 3 heterocycles. The molecule has 0 bridgehead atoms. The number of nitrogens with zero attached hydrogens (tertiary/aromatic N) is 4. The summed E-state index contributed by atoms with van der Waals surface area (Å²) in [6.45, 7) is 6.19. The van der Waals surface area contributed by atoms with Gasteiger partial charge in [0.05, 0.1) is 10.6 Å². The Balaban J connectivity index is 1.53. The van der Waals surface area contributed by atoms with E-state index in [1.165, 1.54) is 23.1 Å². The molecule has 1 unspecified atom stereocenters. The molecule has 0 amide bonds. The van der Waals surface area contributed by atoms with Crippen molar-refractivity contribution < 1.29 is 4.52 Å². The van der Waals surface area contributed by atoms with Crippen LogP contribution in [0.25, 0.3) is 20.7 Å². The van der Waals surface area contributed by atoms with Crippen molar-refractivity contribution in [1.29, 1.82) is 0 Å². The third kappa shape index (κ3) is 3.61. The predicted molar refractivity (Wildman–Crippen MR) is 120 cm³/mol. The van der Waals surface area contributed by atoms with E-state index in [9.17, 15) is 4.79 Å². The van der Waals surface area contributed by atoms with Gasteiger partial charge in [0.2, 0.25) is 5.89 Å². The van der Waals surface area contributed by atoms with E-state index in [2.05, 4.69) is 16.7 Å². The van der Waals surface area contributed by atoms with Crippen molar-refractivity contribution in [3.63, 3.8) is 0 Å². The molecule has 4 aromatic rings. The molecule has 1 atom stereocenters. The molecule has 0 radical (unpaired) electrons. The minimum Gasteiger partial charge on any atom is -0.338 e. The van der Waals surface area contributed by atoms with Gasteiger partial charge in [-0.1, -0.05) is 53.3 Å². The van der Waals surface area contributed by atoms with Crippen LogP contribution in [0.4, 0.5) is 0 Å². The number of thioether (sulfide) groups is 1. The maximum Gasteiger partial charge on any atom is 0.263 e. The molecule has 0 spiro atoms. The molecule has 6 nitrogen and oxygen atoms in total. The highest BCUT2D eigenvalue weighted by Crippen LogP contribution is 2.40. The average molecular weight is 437 g/mol. The van der Waals surface area contributed by atoms with Gasteiger partial charge in [0.15, 0.2) is 11.0 Å². The fourth-order valence-corrected chi connectivity index (χ4v) is 5.28. The van der Waals surface area contributed by atoms with Gasteiger partial charge in [-0.05, 0) is 31.4 Å². The summed E-state index contributed by atoms with van der Waals surface area (Å²) < 4.78 is 7.13. The van der Waals surface area contributed by atoms with Gasteiger partial charge in [-0.3, -0.25) is 9.36 Å². The van der Waals surface area contributed by atoms with Gasteiger partial charge < -0.3 is 4.52 Å². The molecule has 1 aliphatic rings.